The van der Waals surface area contributed by atoms with Crippen molar-refractivity contribution in [2.75, 3.05) is 18.5 Å². The van der Waals surface area contributed by atoms with Crippen LogP contribution < -0.4 is 10.5 Å². The molecule has 0 amide bonds. The van der Waals surface area contributed by atoms with Crippen LogP contribution in [0.2, 0.25) is 5.02 Å². The Morgan fingerprint density at radius 2 is 1.80 bits per heavy atom. The predicted molar refractivity (Wildman–Crippen MR) is 78.9 cm³/mol. The van der Waals surface area contributed by atoms with Crippen LogP contribution in [-0.2, 0) is 6.54 Å². The molecule has 2 aromatic rings. The van der Waals surface area contributed by atoms with Crippen molar-refractivity contribution < 1.29 is 4.79 Å². The number of pyridine rings is 1. The van der Waals surface area contributed by atoms with Crippen LogP contribution in [0, 0.1) is 0 Å². The quantitative estimate of drug-likeness (QED) is 0.796. The Kier molecular flexibility index (Phi) is 3.10. The minimum atomic E-state index is -0.0980. The van der Waals surface area contributed by atoms with Gasteiger partial charge in [-0.05, 0) is 30.3 Å². The van der Waals surface area contributed by atoms with E-state index in [4.69, 9.17) is 11.6 Å². The summed E-state index contributed by atoms with van der Waals surface area (Å²) in [6.07, 6.45) is 0. The Hall–Kier alpha value is -2.07. The molecule has 0 saturated heterocycles. The van der Waals surface area contributed by atoms with Crippen molar-refractivity contribution >= 4 is 23.2 Å². The van der Waals surface area contributed by atoms with E-state index in [0.717, 1.165) is 6.54 Å². The molecule has 1 aliphatic rings. The maximum Gasteiger partial charge on any atom is 0.252 e. The molecule has 0 saturated carbocycles. The second-order valence-corrected chi connectivity index (χ2v) is 5.25. The highest BCUT2D eigenvalue weighted by molar-refractivity contribution is 6.30. The summed E-state index contributed by atoms with van der Waals surface area (Å²) in [7, 11) is 1.89. The highest BCUT2D eigenvalue weighted by atomic mass is 35.5. The monoisotopic (exact) mass is 288 g/mol. The molecule has 5 heteroatoms. The average Bonchev–Trinajstić information content (AvgIpc) is 2.83. The van der Waals surface area contributed by atoms with E-state index in [1.807, 2.05) is 11.9 Å². The Balaban J connectivity index is 2.12. The molecule has 102 valence electrons. The van der Waals surface area contributed by atoms with Crippen LogP contribution in [0.25, 0.3) is 0 Å². The van der Waals surface area contributed by atoms with Gasteiger partial charge in [0, 0.05) is 36.8 Å². The van der Waals surface area contributed by atoms with Gasteiger partial charge in [0.1, 0.15) is 5.82 Å². The SMILES string of the molecule is CN1CCn2c1c(C(=O)c1ccc(Cl)cc1)ccc2=O. The van der Waals surface area contributed by atoms with Crippen LogP contribution in [0.3, 0.4) is 0 Å². The van der Waals surface area contributed by atoms with Crippen molar-refractivity contribution in [2.24, 2.45) is 0 Å². The van der Waals surface area contributed by atoms with E-state index in [0.29, 0.717) is 28.5 Å². The maximum atomic E-state index is 12.6. The molecule has 0 atom stereocenters. The molecule has 1 aromatic carbocycles. The van der Waals surface area contributed by atoms with Gasteiger partial charge in [0.05, 0.1) is 5.56 Å². The number of aromatic nitrogens is 1. The van der Waals surface area contributed by atoms with E-state index < -0.39 is 0 Å². The van der Waals surface area contributed by atoms with Crippen molar-refractivity contribution in [3.8, 4) is 0 Å². The molecular formula is C15H13ClN2O2. The van der Waals surface area contributed by atoms with Gasteiger partial charge in [0.25, 0.3) is 5.56 Å². The molecular weight excluding hydrogens is 276 g/mol. The number of fused-ring (bicyclic) bond motifs is 1. The lowest BCUT2D eigenvalue weighted by Crippen LogP contribution is -2.21. The molecule has 2 heterocycles. The lowest BCUT2D eigenvalue weighted by molar-refractivity contribution is 0.103. The number of nitrogens with zero attached hydrogens (tertiary/aromatic N) is 2. The van der Waals surface area contributed by atoms with Crippen molar-refractivity contribution in [3.05, 3.63) is 62.9 Å². The number of benzene rings is 1. The van der Waals surface area contributed by atoms with Crippen LogP contribution in [-0.4, -0.2) is 23.9 Å². The first-order chi connectivity index (χ1) is 9.58. The van der Waals surface area contributed by atoms with Gasteiger partial charge in [0.15, 0.2) is 5.78 Å². The fourth-order valence-corrected chi connectivity index (χ4v) is 2.61. The number of hydrogen-bond donors (Lipinski definition) is 0. The minimum Gasteiger partial charge on any atom is -0.359 e. The first-order valence-electron chi connectivity index (χ1n) is 6.33. The first kappa shape index (κ1) is 12.9. The van der Waals surface area contributed by atoms with E-state index in [9.17, 15) is 9.59 Å². The summed E-state index contributed by atoms with van der Waals surface area (Å²) in [5.41, 5.74) is 1.04. The van der Waals surface area contributed by atoms with Gasteiger partial charge in [-0.25, -0.2) is 0 Å². The molecule has 1 aromatic heterocycles. The van der Waals surface area contributed by atoms with Gasteiger partial charge in [-0.1, -0.05) is 11.6 Å². The zero-order valence-corrected chi connectivity index (χ0v) is 11.7. The fraction of sp³-hybridized carbons (Fsp3) is 0.200. The molecule has 0 radical (unpaired) electrons. The third-order valence-corrected chi connectivity index (χ3v) is 3.78. The lowest BCUT2D eigenvalue weighted by atomic mass is 10.0. The summed E-state index contributed by atoms with van der Waals surface area (Å²) in [4.78, 5) is 26.3. The molecule has 3 rings (SSSR count). The molecule has 1 aliphatic heterocycles. The van der Waals surface area contributed by atoms with Crippen molar-refractivity contribution in [2.45, 2.75) is 6.54 Å². The minimum absolute atomic E-state index is 0.0722. The van der Waals surface area contributed by atoms with Crippen molar-refractivity contribution in [3.63, 3.8) is 0 Å². The largest absolute Gasteiger partial charge is 0.359 e. The van der Waals surface area contributed by atoms with Gasteiger partial charge in [-0.15, -0.1) is 0 Å². The Morgan fingerprint density at radius 3 is 2.50 bits per heavy atom. The Labute approximate surface area is 121 Å². The van der Waals surface area contributed by atoms with Crippen LogP contribution in [0.4, 0.5) is 5.82 Å². The average molecular weight is 289 g/mol. The molecule has 4 nitrogen and oxygen atoms in total. The molecule has 0 aliphatic carbocycles. The van der Waals surface area contributed by atoms with Gasteiger partial charge in [-0.2, -0.15) is 0 Å². The van der Waals surface area contributed by atoms with Crippen molar-refractivity contribution in [1.82, 2.24) is 4.57 Å². The lowest BCUT2D eigenvalue weighted by Gasteiger charge is -2.15. The van der Waals surface area contributed by atoms with E-state index in [-0.39, 0.29) is 11.3 Å². The molecule has 0 bridgehead atoms. The number of hydrogen-bond acceptors (Lipinski definition) is 3. The van der Waals surface area contributed by atoms with Crippen LogP contribution in [0.15, 0.2) is 41.2 Å². The number of halogens is 1. The number of likely N-dealkylation sites (N-methyl/N-ethyl adjacent to an activating group) is 1. The van der Waals surface area contributed by atoms with Gasteiger partial charge in [0.2, 0.25) is 0 Å². The number of ketones is 1. The third kappa shape index (κ3) is 2.02. The van der Waals surface area contributed by atoms with E-state index >= 15 is 0 Å². The Morgan fingerprint density at radius 1 is 1.10 bits per heavy atom. The van der Waals surface area contributed by atoms with Crippen LogP contribution >= 0.6 is 11.6 Å². The van der Waals surface area contributed by atoms with Gasteiger partial charge >= 0.3 is 0 Å². The van der Waals surface area contributed by atoms with Crippen molar-refractivity contribution in [1.29, 1.82) is 0 Å². The zero-order valence-electron chi connectivity index (χ0n) is 11.0. The molecule has 20 heavy (non-hydrogen) atoms. The maximum absolute atomic E-state index is 12.6. The molecule has 0 N–H and O–H groups in total. The van der Waals surface area contributed by atoms with Gasteiger partial charge in [-0.3, -0.25) is 14.2 Å². The summed E-state index contributed by atoms with van der Waals surface area (Å²) in [5.74, 6) is 0.594. The topological polar surface area (TPSA) is 42.3 Å². The first-order valence-corrected chi connectivity index (χ1v) is 6.71. The molecule has 0 unspecified atom stereocenters. The number of carbonyl (C=O) groups excluding carboxylic acids is 1. The summed E-state index contributed by atoms with van der Waals surface area (Å²) in [6.45, 7) is 1.35. The number of rotatable bonds is 2. The number of carbonyl (C=O) groups is 1. The van der Waals surface area contributed by atoms with Crippen LogP contribution in [0.1, 0.15) is 15.9 Å². The van der Waals surface area contributed by atoms with E-state index in [1.54, 1.807) is 34.9 Å². The van der Waals surface area contributed by atoms with Crippen LogP contribution in [0.5, 0.6) is 0 Å². The molecule has 0 spiro atoms. The summed E-state index contributed by atoms with van der Waals surface area (Å²) in [6, 6.07) is 9.82. The normalized spacial score (nSPS) is 13.4. The fourth-order valence-electron chi connectivity index (χ4n) is 2.49. The summed E-state index contributed by atoms with van der Waals surface area (Å²) < 4.78 is 1.64. The molecule has 0 fully saturated rings. The van der Waals surface area contributed by atoms with Gasteiger partial charge < -0.3 is 4.90 Å². The highest BCUT2D eigenvalue weighted by Crippen LogP contribution is 2.25. The second-order valence-electron chi connectivity index (χ2n) is 4.82. The standard InChI is InChI=1S/C15H13ClN2O2/c1-17-8-9-18-13(19)7-6-12(15(17)18)14(20)10-2-4-11(16)5-3-10/h2-7H,8-9H2,1H3. The zero-order chi connectivity index (χ0) is 14.3. The second kappa shape index (κ2) is 4.80. The third-order valence-electron chi connectivity index (χ3n) is 3.53. The highest BCUT2D eigenvalue weighted by Gasteiger charge is 2.24. The summed E-state index contributed by atoms with van der Waals surface area (Å²) in [5, 5.41) is 0.591. The smallest absolute Gasteiger partial charge is 0.252 e. The Bertz CT molecular complexity index is 735. The number of anilines is 1. The van der Waals surface area contributed by atoms with E-state index in [2.05, 4.69) is 0 Å². The van der Waals surface area contributed by atoms with E-state index in [1.165, 1.54) is 6.07 Å². The summed E-state index contributed by atoms with van der Waals surface area (Å²) >= 11 is 5.84. The predicted octanol–water partition coefficient (Wildman–Crippen LogP) is 2.18.